The third-order valence-corrected chi connectivity index (χ3v) is 6.57. The molecule has 0 radical (unpaired) electrons. The minimum absolute atomic E-state index is 0.0161. The molecule has 34 heavy (non-hydrogen) atoms. The van der Waals surface area contributed by atoms with Gasteiger partial charge in [-0.15, -0.1) is 0 Å². The Morgan fingerprint density at radius 1 is 1.15 bits per heavy atom. The molecule has 1 N–H and O–H groups in total. The van der Waals surface area contributed by atoms with Gasteiger partial charge in [-0.3, -0.25) is 24.3 Å². The van der Waals surface area contributed by atoms with Gasteiger partial charge in [-0.25, -0.2) is 4.98 Å². The van der Waals surface area contributed by atoms with Gasteiger partial charge in [0.15, 0.2) is 5.16 Å². The number of nitrogens with one attached hydrogen (secondary N) is 1. The van der Waals surface area contributed by atoms with Gasteiger partial charge >= 0.3 is 0 Å². The first kappa shape index (κ1) is 23.7. The number of rotatable bonds is 6. The van der Waals surface area contributed by atoms with E-state index < -0.39 is 10.8 Å². The monoisotopic (exact) mass is 514 g/mol. The number of anilines is 1. The van der Waals surface area contributed by atoms with Gasteiger partial charge in [0, 0.05) is 16.1 Å². The summed E-state index contributed by atoms with van der Waals surface area (Å²) >= 11 is 13.2. The molecule has 0 aliphatic carbocycles. The number of nitro groups is 1. The van der Waals surface area contributed by atoms with Crippen LogP contribution in [0.4, 0.5) is 11.4 Å². The van der Waals surface area contributed by atoms with E-state index in [2.05, 4.69) is 10.3 Å². The number of carbonyl (C=O) groups is 1. The number of nitrogens with zero attached hydrogens (tertiary/aromatic N) is 3. The molecule has 0 aliphatic heterocycles. The Balaban J connectivity index is 1.71. The molecule has 1 heterocycles. The molecular formula is C23H16Cl2N4O4S. The first-order valence-corrected chi connectivity index (χ1v) is 11.6. The number of aromatic nitrogens is 2. The largest absolute Gasteiger partial charge is 0.320 e. The van der Waals surface area contributed by atoms with Gasteiger partial charge in [-0.2, -0.15) is 0 Å². The van der Waals surface area contributed by atoms with E-state index >= 15 is 0 Å². The third kappa shape index (κ3) is 4.77. The van der Waals surface area contributed by atoms with Crippen molar-refractivity contribution in [1.29, 1.82) is 0 Å². The van der Waals surface area contributed by atoms with Gasteiger partial charge in [-0.1, -0.05) is 53.2 Å². The zero-order valence-corrected chi connectivity index (χ0v) is 19.9. The lowest BCUT2D eigenvalue weighted by Crippen LogP contribution is -2.23. The van der Waals surface area contributed by atoms with E-state index in [1.54, 1.807) is 49.4 Å². The van der Waals surface area contributed by atoms with Crippen LogP contribution in [0, 0.1) is 17.0 Å². The fourth-order valence-electron chi connectivity index (χ4n) is 3.34. The predicted octanol–water partition coefficient (Wildman–Crippen LogP) is 5.64. The summed E-state index contributed by atoms with van der Waals surface area (Å²) in [6.07, 6.45) is 0. The van der Waals surface area contributed by atoms with E-state index in [0.29, 0.717) is 27.2 Å². The van der Waals surface area contributed by atoms with E-state index in [0.717, 1.165) is 11.8 Å². The molecule has 0 spiro atoms. The van der Waals surface area contributed by atoms with E-state index in [-0.39, 0.29) is 32.9 Å². The third-order valence-electron chi connectivity index (χ3n) is 4.99. The van der Waals surface area contributed by atoms with Crippen LogP contribution in [-0.4, -0.2) is 26.1 Å². The van der Waals surface area contributed by atoms with Crippen LogP contribution >= 0.6 is 35.0 Å². The number of halogens is 2. The van der Waals surface area contributed by atoms with Crippen molar-refractivity contribution in [2.45, 2.75) is 12.1 Å². The van der Waals surface area contributed by atoms with E-state index in [1.165, 1.54) is 22.8 Å². The lowest BCUT2D eigenvalue weighted by molar-refractivity contribution is -0.383. The van der Waals surface area contributed by atoms with Crippen molar-refractivity contribution in [3.05, 3.63) is 96.7 Å². The number of carbonyl (C=O) groups excluding carboxylic acids is 1. The normalized spacial score (nSPS) is 10.9. The average Bonchev–Trinajstić information content (AvgIpc) is 2.80. The Kier molecular flexibility index (Phi) is 6.87. The summed E-state index contributed by atoms with van der Waals surface area (Å²) in [6, 6.07) is 16.0. The van der Waals surface area contributed by atoms with Gasteiger partial charge in [0.05, 0.1) is 27.3 Å². The van der Waals surface area contributed by atoms with Gasteiger partial charge in [0.25, 0.3) is 11.2 Å². The Labute approximate surface area is 207 Å². The number of benzene rings is 3. The second-order valence-corrected chi connectivity index (χ2v) is 8.98. The molecule has 0 aliphatic rings. The van der Waals surface area contributed by atoms with Crippen molar-refractivity contribution in [1.82, 2.24) is 9.55 Å². The number of fused-ring (bicyclic) bond motifs is 1. The molecule has 0 atom stereocenters. The second kappa shape index (κ2) is 9.84. The van der Waals surface area contributed by atoms with E-state index in [4.69, 9.17) is 23.2 Å². The van der Waals surface area contributed by atoms with Gasteiger partial charge in [-0.05, 0) is 48.9 Å². The zero-order valence-electron chi connectivity index (χ0n) is 17.6. The maximum absolute atomic E-state index is 13.4. The van der Waals surface area contributed by atoms with Crippen LogP contribution in [0.1, 0.15) is 5.56 Å². The SMILES string of the molecule is Cc1c(Cl)cccc1-n1c(SCC(=O)Nc2cc(Cl)ccc2[N+](=O)[O-])nc2ccccc2c1=O. The molecule has 0 saturated heterocycles. The molecular weight excluding hydrogens is 499 g/mol. The smallest absolute Gasteiger partial charge is 0.292 e. The summed E-state index contributed by atoms with van der Waals surface area (Å²) in [5.74, 6) is -0.680. The van der Waals surface area contributed by atoms with Crippen LogP contribution in [0.3, 0.4) is 0 Å². The molecule has 8 nitrogen and oxygen atoms in total. The maximum Gasteiger partial charge on any atom is 0.292 e. The quantitative estimate of drug-likeness (QED) is 0.154. The van der Waals surface area contributed by atoms with Crippen LogP contribution < -0.4 is 10.9 Å². The Morgan fingerprint density at radius 3 is 2.68 bits per heavy atom. The first-order chi connectivity index (χ1) is 16.3. The van der Waals surface area contributed by atoms with Crippen LogP contribution in [-0.2, 0) is 4.79 Å². The van der Waals surface area contributed by atoms with Gasteiger partial charge in [0.1, 0.15) is 5.69 Å². The number of hydrogen-bond donors (Lipinski definition) is 1. The number of amides is 1. The summed E-state index contributed by atoms with van der Waals surface area (Å²) in [6.45, 7) is 1.79. The molecule has 0 bridgehead atoms. The summed E-state index contributed by atoms with van der Waals surface area (Å²) in [5.41, 5.74) is 1.12. The second-order valence-electron chi connectivity index (χ2n) is 7.19. The summed E-state index contributed by atoms with van der Waals surface area (Å²) in [4.78, 5) is 41.3. The molecule has 11 heteroatoms. The van der Waals surface area contributed by atoms with Gasteiger partial charge < -0.3 is 5.32 Å². The molecule has 0 fully saturated rings. The highest BCUT2D eigenvalue weighted by molar-refractivity contribution is 7.99. The summed E-state index contributed by atoms with van der Waals surface area (Å²) in [5, 5.41) is 15.2. The lowest BCUT2D eigenvalue weighted by Gasteiger charge is -2.15. The Bertz CT molecular complexity index is 1510. The molecule has 172 valence electrons. The van der Waals surface area contributed by atoms with E-state index in [1.807, 2.05) is 0 Å². The highest BCUT2D eigenvalue weighted by atomic mass is 35.5. The van der Waals surface area contributed by atoms with Crippen molar-refractivity contribution < 1.29 is 9.72 Å². The van der Waals surface area contributed by atoms with Crippen molar-refractivity contribution in [3.63, 3.8) is 0 Å². The molecule has 1 aromatic heterocycles. The Morgan fingerprint density at radius 2 is 1.91 bits per heavy atom. The highest BCUT2D eigenvalue weighted by Crippen LogP contribution is 2.29. The number of para-hydroxylation sites is 1. The maximum atomic E-state index is 13.4. The topological polar surface area (TPSA) is 107 Å². The fraction of sp³-hybridized carbons (Fsp3) is 0.0870. The lowest BCUT2D eigenvalue weighted by atomic mass is 10.2. The Hall–Kier alpha value is -3.40. The minimum atomic E-state index is -0.608. The average molecular weight is 515 g/mol. The van der Waals surface area contributed by atoms with Crippen molar-refractivity contribution >= 4 is 63.1 Å². The number of thioether (sulfide) groups is 1. The zero-order chi connectivity index (χ0) is 24.4. The summed E-state index contributed by atoms with van der Waals surface area (Å²) < 4.78 is 1.42. The van der Waals surface area contributed by atoms with Crippen LogP contribution in [0.25, 0.3) is 16.6 Å². The predicted molar refractivity (Wildman–Crippen MR) is 135 cm³/mol. The van der Waals surface area contributed by atoms with Gasteiger partial charge in [0.2, 0.25) is 5.91 Å². The van der Waals surface area contributed by atoms with Crippen LogP contribution in [0.5, 0.6) is 0 Å². The van der Waals surface area contributed by atoms with Crippen molar-refractivity contribution in [2.75, 3.05) is 11.1 Å². The molecule has 4 rings (SSSR count). The molecule has 3 aromatic carbocycles. The molecule has 1 amide bonds. The standard InChI is InChI=1S/C23H16Cl2N4O4S/c1-13-16(25)6-4-8-19(13)28-22(31)15-5-2-3-7-17(15)27-23(28)34-12-21(30)26-18-11-14(24)9-10-20(18)29(32)33/h2-11H,12H2,1H3,(H,26,30). The molecule has 4 aromatic rings. The highest BCUT2D eigenvalue weighted by Gasteiger charge is 2.19. The van der Waals surface area contributed by atoms with Crippen LogP contribution in [0.15, 0.2) is 70.6 Å². The summed E-state index contributed by atoms with van der Waals surface area (Å²) in [7, 11) is 0. The fourth-order valence-corrected chi connectivity index (χ4v) is 4.49. The number of nitro benzene ring substituents is 1. The molecule has 0 unspecified atom stereocenters. The first-order valence-electron chi connectivity index (χ1n) is 9.90. The number of hydrogen-bond acceptors (Lipinski definition) is 6. The minimum Gasteiger partial charge on any atom is -0.320 e. The molecule has 0 saturated carbocycles. The van der Waals surface area contributed by atoms with E-state index in [9.17, 15) is 19.7 Å². The van der Waals surface area contributed by atoms with Crippen LogP contribution in [0.2, 0.25) is 10.0 Å². The van der Waals surface area contributed by atoms with Crippen molar-refractivity contribution in [2.24, 2.45) is 0 Å². The van der Waals surface area contributed by atoms with Crippen molar-refractivity contribution in [3.8, 4) is 5.69 Å².